The molecule has 2 aromatic heterocycles. The number of nitrogens with zero attached hydrogens (tertiary/aromatic N) is 2. The summed E-state index contributed by atoms with van der Waals surface area (Å²) in [7, 11) is 0. The number of amides is 3. The lowest BCUT2D eigenvalue weighted by Crippen LogP contribution is -2.44. The first-order valence-electron chi connectivity index (χ1n) is 22.9. The van der Waals surface area contributed by atoms with Crippen molar-refractivity contribution in [2.45, 2.75) is 168 Å². The van der Waals surface area contributed by atoms with Crippen LogP contribution < -0.4 is 21.5 Å². The summed E-state index contributed by atoms with van der Waals surface area (Å²) in [5.74, 6) is -1.52. The van der Waals surface area contributed by atoms with Gasteiger partial charge < -0.3 is 34.7 Å². The van der Waals surface area contributed by atoms with Crippen LogP contribution in [0.4, 0.5) is 9.18 Å². The van der Waals surface area contributed by atoms with E-state index in [1.54, 1.807) is 11.5 Å². The highest BCUT2D eigenvalue weighted by Crippen LogP contribution is 2.45. The van der Waals surface area contributed by atoms with Crippen LogP contribution in [0.15, 0.2) is 29.1 Å². The molecular formula is C49H64FN5O8. The number of esters is 1. The van der Waals surface area contributed by atoms with Crippen LogP contribution in [-0.2, 0) is 48.2 Å². The number of rotatable bonds is 14. The van der Waals surface area contributed by atoms with E-state index in [0.717, 1.165) is 47.8 Å². The van der Waals surface area contributed by atoms with E-state index in [-0.39, 0.29) is 59.4 Å². The molecular weight excluding hydrogens is 806 g/mol. The van der Waals surface area contributed by atoms with Gasteiger partial charge in [-0.2, -0.15) is 0 Å². The third kappa shape index (κ3) is 10.3. The van der Waals surface area contributed by atoms with Crippen LogP contribution in [0.3, 0.4) is 0 Å². The Hall–Kier alpha value is -5.11. The number of carbonyl (C=O) groups is 4. The lowest BCUT2D eigenvalue weighted by Gasteiger charge is -2.30. The maximum Gasteiger partial charge on any atom is 0.408 e. The van der Waals surface area contributed by atoms with E-state index < -0.39 is 24.2 Å². The molecule has 4 unspecified atom stereocenters. The Morgan fingerprint density at radius 3 is 2.56 bits per heavy atom. The number of halogens is 1. The number of aryl methyl sites for hydroxylation is 1. The van der Waals surface area contributed by atoms with Crippen molar-refractivity contribution < 1.29 is 37.8 Å². The Labute approximate surface area is 369 Å². The third-order valence-corrected chi connectivity index (χ3v) is 13.1. The number of pyridine rings is 2. The Morgan fingerprint density at radius 1 is 1.00 bits per heavy atom. The van der Waals surface area contributed by atoms with Gasteiger partial charge in [0.1, 0.15) is 18.5 Å². The van der Waals surface area contributed by atoms with Gasteiger partial charge in [-0.1, -0.05) is 19.4 Å². The fourth-order valence-corrected chi connectivity index (χ4v) is 9.60. The van der Waals surface area contributed by atoms with Gasteiger partial charge >= 0.3 is 12.1 Å². The van der Waals surface area contributed by atoms with Crippen molar-refractivity contribution >= 4 is 34.8 Å². The standard InChI is InChI=1S/C49H64FN5O8/c1-8-31-33-24-39-43-34(26-55(39)45(58)35(33)27-61-46(31)59)42-37(20-19-32-28(2)36(50)25-38(52-43)41(32)42)53-47(60)63-30-15-12-11-14-29(17-18-30)44(57)51-22-13-9-10-16-40(56)54-49(6,7)21-23-62-48(3,4)5/h12,15,24-25,29-31,37H,8-11,13-14,16-23,26-27H2,1-7H3,(H,51,57)(H,53,60)(H,54,56)/b15-12+. The maximum atomic E-state index is 15.4. The lowest BCUT2D eigenvalue weighted by molar-refractivity contribution is -0.148. The van der Waals surface area contributed by atoms with E-state index in [1.165, 1.54) is 6.07 Å². The van der Waals surface area contributed by atoms with Crippen LogP contribution in [-0.4, -0.2) is 63.8 Å². The molecule has 4 heterocycles. The topological polar surface area (TPSA) is 167 Å². The summed E-state index contributed by atoms with van der Waals surface area (Å²) in [5, 5.41) is 10.1. The largest absolute Gasteiger partial charge is 0.460 e. The van der Waals surface area contributed by atoms with Crippen LogP contribution in [0, 0.1) is 18.7 Å². The number of benzene rings is 1. The molecule has 3 amide bonds. The quantitative estimate of drug-likeness (QED) is 0.0646. The van der Waals surface area contributed by atoms with E-state index in [1.807, 2.05) is 59.8 Å². The molecule has 2 aliphatic heterocycles. The summed E-state index contributed by atoms with van der Waals surface area (Å²) in [6.45, 7) is 14.9. The molecule has 0 bridgehead atoms. The normalized spacial score (nSPS) is 21.0. The van der Waals surface area contributed by atoms with Crippen LogP contribution in [0.25, 0.3) is 22.3 Å². The third-order valence-electron chi connectivity index (χ3n) is 13.1. The Balaban J connectivity index is 0.947. The smallest absolute Gasteiger partial charge is 0.408 e. The van der Waals surface area contributed by atoms with Crippen molar-refractivity contribution in [3.05, 3.63) is 73.8 Å². The molecule has 4 atom stereocenters. The van der Waals surface area contributed by atoms with Gasteiger partial charge in [-0.15, -0.1) is 0 Å². The van der Waals surface area contributed by atoms with Gasteiger partial charge in [-0.25, -0.2) is 14.2 Å². The summed E-state index contributed by atoms with van der Waals surface area (Å²) < 4.78 is 34.2. The molecule has 3 aromatic rings. The van der Waals surface area contributed by atoms with Gasteiger partial charge in [0.25, 0.3) is 5.56 Å². The molecule has 340 valence electrons. The Morgan fingerprint density at radius 2 is 1.79 bits per heavy atom. The molecule has 1 aromatic carbocycles. The van der Waals surface area contributed by atoms with Gasteiger partial charge in [-0.3, -0.25) is 19.2 Å². The SMILES string of the molecule is CCC1C(=O)OCc2c1cc1n(c2=O)Cc2c-1nc1cc(F)c(C)c3c1c2C(NC(=O)OC1/C=C/CCC(C(=O)NCCCCCC(=O)NC(C)(C)CCOC(C)(C)C)CC1)CC3. The van der Waals surface area contributed by atoms with Gasteiger partial charge in [0, 0.05) is 48.0 Å². The first-order valence-corrected chi connectivity index (χ1v) is 22.9. The summed E-state index contributed by atoms with van der Waals surface area (Å²) in [6, 6.07) is 2.78. The van der Waals surface area contributed by atoms with Crippen molar-refractivity contribution in [3.8, 4) is 11.4 Å². The number of cyclic esters (lactones) is 1. The minimum atomic E-state index is -0.603. The maximum absolute atomic E-state index is 15.4. The van der Waals surface area contributed by atoms with E-state index in [9.17, 15) is 24.0 Å². The van der Waals surface area contributed by atoms with Crippen molar-refractivity contribution in [1.82, 2.24) is 25.5 Å². The molecule has 0 saturated heterocycles. The van der Waals surface area contributed by atoms with Crippen molar-refractivity contribution in [2.24, 2.45) is 5.92 Å². The minimum absolute atomic E-state index is 0.0149. The summed E-state index contributed by atoms with van der Waals surface area (Å²) in [5.41, 5.74) is 4.77. The van der Waals surface area contributed by atoms with Crippen LogP contribution in [0.5, 0.6) is 0 Å². The molecule has 13 nitrogen and oxygen atoms in total. The zero-order valence-electron chi connectivity index (χ0n) is 38.0. The number of unbranched alkanes of at least 4 members (excludes halogenated alkanes) is 2. The predicted molar refractivity (Wildman–Crippen MR) is 238 cm³/mol. The molecule has 3 N–H and O–H groups in total. The zero-order chi connectivity index (χ0) is 45.2. The van der Waals surface area contributed by atoms with Gasteiger partial charge in [0.05, 0.1) is 46.6 Å². The average Bonchev–Trinajstić information content (AvgIpc) is 3.57. The zero-order valence-corrected chi connectivity index (χ0v) is 38.0. The summed E-state index contributed by atoms with van der Waals surface area (Å²) >= 11 is 0. The average molecular weight is 870 g/mol. The molecule has 0 fully saturated rings. The molecule has 7 rings (SSSR count). The van der Waals surface area contributed by atoms with Crippen LogP contribution in [0.2, 0.25) is 0 Å². The number of fused-ring (bicyclic) bond motifs is 5. The fraction of sp³-hybridized carbons (Fsp3) is 0.592. The van der Waals surface area contributed by atoms with E-state index in [4.69, 9.17) is 19.2 Å². The molecule has 2 aliphatic carbocycles. The van der Waals surface area contributed by atoms with E-state index in [0.29, 0.717) is 98.1 Å². The van der Waals surface area contributed by atoms with Crippen molar-refractivity contribution in [3.63, 3.8) is 0 Å². The number of alkyl carbamates (subject to hydrolysis) is 1. The second-order valence-corrected chi connectivity index (χ2v) is 19.3. The molecule has 0 saturated carbocycles. The van der Waals surface area contributed by atoms with Gasteiger partial charge in [-0.05, 0) is 140 Å². The number of ether oxygens (including phenoxy) is 3. The predicted octanol–water partition coefficient (Wildman–Crippen LogP) is 8.03. The monoisotopic (exact) mass is 869 g/mol. The molecule has 63 heavy (non-hydrogen) atoms. The van der Waals surface area contributed by atoms with Gasteiger partial charge in [0.2, 0.25) is 11.8 Å². The lowest BCUT2D eigenvalue weighted by atomic mass is 9.81. The summed E-state index contributed by atoms with van der Waals surface area (Å²) in [4.78, 5) is 71.2. The minimum Gasteiger partial charge on any atom is -0.460 e. The second kappa shape index (κ2) is 18.9. The number of hydrogen-bond acceptors (Lipinski definition) is 9. The van der Waals surface area contributed by atoms with E-state index >= 15 is 4.39 Å². The number of hydrogen-bond donors (Lipinski definition) is 3. The summed E-state index contributed by atoms with van der Waals surface area (Å²) in [6.07, 6.45) is 10.1. The molecule has 14 heteroatoms. The number of aromatic nitrogens is 2. The molecule has 0 radical (unpaired) electrons. The highest BCUT2D eigenvalue weighted by molar-refractivity contribution is 5.93. The van der Waals surface area contributed by atoms with Crippen molar-refractivity contribution in [1.29, 1.82) is 0 Å². The van der Waals surface area contributed by atoms with Crippen LogP contribution in [0.1, 0.15) is 158 Å². The first-order chi connectivity index (χ1) is 29.9. The Bertz CT molecular complexity index is 2360. The van der Waals surface area contributed by atoms with Crippen molar-refractivity contribution in [2.75, 3.05) is 13.2 Å². The highest BCUT2D eigenvalue weighted by Gasteiger charge is 2.38. The highest BCUT2D eigenvalue weighted by atomic mass is 19.1. The number of carbonyl (C=O) groups excluding carboxylic acids is 4. The van der Waals surface area contributed by atoms with E-state index in [2.05, 4.69) is 16.0 Å². The van der Waals surface area contributed by atoms with Crippen LogP contribution >= 0.6 is 0 Å². The second-order valence-electron chi connectivity index (χ2n) is 19.3. The fourth-order valence-electron chi connectivity index (χ4n) is 9.60. The molecule has 4 aliphatic rings. The number of nitrogens with one attached hydrogen (secondary N) is 3. The molecule has 0 spiro atoms. The number of allylic oxidation sites excluding steroid dienone is 1. The van der Waals surface area contributed by atoms with Gasteiger partial charge in [0.15, 0.2) is 0 Å². The first kappa shape index (κ1) is 45.9. The Kier molecular flexibility index (Phi) is 13.8.